The lowest BCUT2D eigenvalue weighted by Crippen LogP contribution is -2.28. The summed E-state index contributed by atoms with van der Waals surface area (Å²) in [4.78, 5) is 11.9. The third-order valence-electron chi connectivity index (χ3n) is 2.91. The van der Waals surface area contributed by atoms with Crippen LogP contribution >= 0.6 is 0 Å². The summed E-state index contributed by atoms with van der Waals surface area (Å²) >= 11 is 0. The maximum atomic E-state index is 11.9. The van der Waals surface area contributed by atoms with Gasteiger partial charge < -0.3 is 15.6 Å². The van der Waals surface area contributed by atoms with Crippen LogP contribution in [0.5, 0.6) is 0 Å². The summed E-state index contributed by atoms with van der Waals surface area (Å²) in [7, 11) is 0. The predicted octanol–water partition coefficient (Wildman–Crippen LogP) is 1.79. The number of anilines is 1. The van der Waals surface area contributed by atoms with Gasteiger partial charge in [0.05, 0.1) is 5.69 Å². The number of nitrogen functional groups attached to an aromatic ring is 1. The van der Waals surface area contributed by atoms with Crippen molar-refractivity contribution in [1.29, 1.82) is 0 Å². The number of nitrogens with zero attached hydrogens (tertiary/aromatic N) is 1. The molecule has 0 unspecified atom stereocenters. The number of carbonyl (C=O) groups excluding carboxylic acids is 1. The second-order valence-electron chi connectivity index (χ2n) is 4.81. The minimum Gasteiger partial charge on any atom is -0.397 e. The Bertz CT molecular complexity index is 391. The first-order valence-corrected chi connectivity index (χ1v) is 5.83. The van der Waals surface area contributed by atoms with E-state index in [2.05, 4.69) is 5.32 Å². The molecule has 0 bridgehead atoms. The van der Waals surface area contributed by atoms with Crippen molar-refractivity contribution >= 4 is 11.6 Å². The highest BCUT2D eigenvalue weighted by Crippen LogP contribution is 2.27. The van der Waals surface area contributed by atoms with Gasteiger partial charge in [-0.3, -0.25) is 4.79 Å². The molecule has 1 amide bonds. The van der Waals surface area contributed by atoms with Crippen LogP contribution in [0.25, 0.3) is 0 Å². The molecule has 1 aromatic rings. The fourth-order valence-electron chi connectivity index (χ4n) is 1.76. The van der Waals surface area contributed by atoms with Crippen molar-refractivity contribution in [3.8, 4) is 0 Å². The van der Waals surface area contributed by atoms with Gasteiger partial charge in [0.1, 0.15) is 5.69 Å². The normalized spacial score (nSPS) is 15.4. The van der Waals surface area contributed by atoms with E-state index in [4.69, 9.17) is 5.73 Å². The minimum absolute atomic E-state index is 0.0164. The molecule has 0 aromatic carbocycles. The SMILES string of the molecule is CC(C)n1cc(N)cc1C(=O)NCC1CC1. The summed E-state index contributed by atoms with van der Waals surface area (Å²) < 4.78 is 1.91. The first-order valence-electron chi connectivity index (χ1n) is 5.83. The van der Waals surface area contributed by atoms with Gasteiger partial charge in [-0.1, -0.05) is 0 Å². The van der Waals surface area contributed by atoms with E-state index in [1.165, 1.54) is 12.8 Å². The van der Waals surface area contributed by atoms with Crippen LogP contribution < -0.4 is 11.1 Å². The van der Waals surface area contributed by atoms with Gasteiger partial charge in [0, 0.05) is 18.8 Å². The van der Waals surface area contributed by atoms with Crippen molar-refractivity contribution in [3.63, 3.8) is 0 Å². The summed E-state index contributed by atoms with van der Waals surface area (Å²) in [5.74, 6) is 0.682. The van der Waals surface area contributed by atoms with Gasteiger partial charge in [0.15, 0.2) is 0 Å². The summed E-state index contributed by atoms with van der Waals surface area (Å²) in [6, 6.07) is 1.99. The summed E-state index contributed by atoms with van der Waals surface area (Å²) in [6.45, 7) is 4.87. The van der Waals surface area contributed by atoms with E-state index >= 15 is 0 Å². The Morgan fingerprint density at radius 1 is 1.62 bits per heavy atom. The van der Waals surface area contributed by atoms with Gasteiger partial charge in [0.25, 0.3) is 5.91 Å². The molecule has 1 fully saturated rings. The van der Waals surface area contributed by atoms with Crippen molar-refractivity contribution < 1.29 is 4.79 Å². The Hall–Kier alpha value is -1.45. The highest BCUT2D eigenvalue weighted by Gasteiger charge is 2.23. The Balaban J connectivity index is 2.07. The highest BCUT2D eigenvalue weighted by molar-refractivity contribution is 5.93. The number of amides is 1. The van der Waals surface area contributed by atoms with Gasteiger partial charge in [0.2, 0.25) is 0 Å². The highest BCUT2D eigenvalue weighted by atomic mass is 16.1. The third kappa shape index (κ3) is 2.38. The average Bonchev–Trinajstić information content (AvgIpc) is 2.96. The molecule has 0 spiro atoms. The first-order chi connectivity index (χ1) is 7.58. The number of hydrogen-bond donors (Lipinski definition) is 2. The number of nitrogens with two attached hydrogens (primary N) is 1. The van der Waals surface area contributed by atoms with Crippen molar-refractivity contribution in [2.75, 3.05) is 12.3 Å². The second-order valence-corrected chi connectivity index (χ2v) is 4.81. The fraction of sp³-hybridized carbons (Fsp3) is 0.583. The summed E-state index contributed by atoms with van der Waals surface area (Å²) in [5.41, 5.74) is 7.03. The molecule has 3 N–H and O–H groups in total. The van der Waals surface area contributed by atoms with Gasteiger partial charge in [-0.2, -0.15) is 0 Å². The molecule has 0 saturated heterocycles. The smallest absolute Gasteiger partial charge is 0.268 e. The molecule has 2 rings (SSSR count). The molecule has 1 heterocycles. The molecule has 16 heavy (non-hydrogen) atoms. The number of rotatable bonds is 4. The Labute approximate surface area is 95.8 Å². The van der Waals surface area contributed by atoms with E-state index in [9.17, 15) is 4.79 Å². The van der Waals surface area contributed by atoms with Crippen LogP contribution in [0.15, 0.2) is 12.3 Å². The van der Waals surface area contributed by atoms with Crippen molar-refractivity contribution in [1.82, 2.24) is 9.88 Å². The molecule has 1 aromatic heterocycles. The van der Waals surface area contributed by atoms with E-state index < -0.39 is 0 Å². The van der Waals surface area contributed by atoms with Crippen LogP contribution in [0.1, 0.15) is 43.2 Å². The molecular weight excluding hydrogens is 202 g/mol. The van der Waals surface area contributed by atoms with Crippen molar-refractivity contribution in [3.05, 3.63) is 18.0 Å². The van der Waals surface area contributed by atoms with Crippen LogP contribution in [0.4, 0.5) is 5.69 Å². The van der Waals surface area contributed by atoms with Crippen LogP contribution in [-0.2, 0) is 0 Å². The number of aromatic nitrogens is 1. The quantitative estimate of drug-likeness (QED) is 0.814. The maximum Gasteiger partial charge on any atom is 0.268 e. The lowest BCUT2D eigenvalue weighted by Gasteiger charge is -2.12. The van der Waals surface area contributed by atoms with E-state index in [-0.39, 0.29) is 11.9 Å². The zero-order chi connectivity index (χ0) is 11.7. The van der Waals surface area contributed by atoms with Crippen molar-refractivity contribution in [2.24, 2.45) is 5.92 Å². The number of hydrogen-bond acceptors (Lipinski definition) is 2. The zero-order valence-corrected chi connectivity index (χ0v) is 9.86. The topological polar surface area (TPSA) is 60.0 Å². The lowest BCUT2D eigenvalue weighted by atomic mass is 10.3. The molecule has 1 aliphatic rings. The van der Waals surface area contributed by atoms with E-state index in [0.29, 0.717) is 17.3 Å². The zero-order valence-electron chi connectivity index (χ0n) is 9.86. The molecular formula is C12H19N3O. The molecule has 0 radical (unpaired) electrons. The minimum atomic E-state index is -0.0164. The summed E-state index contributed by atoms with van der Waals surface area (Å²) in [6.07, 6.45) is 4.30. The number of carbonyl (C=O) groups is 1. The third-order valence-corrected chi connectivity index (χ3v) is 2.91. The van der Waals surface area contributed by atoms with Gasteiger partial charge in [-0.25, -0.2) is 0 Å². The largest absolute Gasteiger partial charge is 0.397 e. The second kappa shape index (κ2) is 4.20. The Morgan fingerprint density at radius 3 is 2.88 bits per heavy atom. The van der Waals surface area contributed by atoms with Gasteiger partial charge in [-0.05, 0) is 38.7 Å². The van der Waals surface area contributed by atoms with Crippen LogP contribution in [0, 0.1) is 5.92 Å². The number of nitrogens with one attached hydrogen (secondary N) is 1. The molecule has 4 heteroatoms. The molecule has 0 atom stereocenters. The van der Waals surface area contributed by atoms with Crippen LogP contribution in [0.3, 0.4) is 0 Å². The molecule has 1 saturated carbocycles. The Morgan fingerprint density at radius 2 is 2.31 bits per heavy atom. The van der Waals surface area contributed by atoms with E-state index in [0.717, 1.165) is 6.54 Å². The average molecular weight is 221 g/mol. The van der Waals surface area contributed by atoms with E-state index in [1.54, 1.807) is 6.07 Å². The molecule has 0 aliphatic heterocycles. The van der Waals surface area contributed by atoms with Crippen LogP contribution in [-0.4, -0.2) is 17.0 Å². The van der Waals surface area contributed by atoms with Crippen molar-refractivity contribution in [2.45, 2.75) is 32.7 Å². The summed E-state index contributed by atoms with van der Waals surface area (Å²) in [5, 5.41) is 2.95. The maximum absolute atomic E-state index is 11.9. The van der Waals surface area contributed by atoms with Crippen LogP contribution in [0.2, 0.25) is 0 Å². The van der Waals surface area contributed by atoms with E-state index in [1.807, 2.05) is 24.6 Å². The van der Waals surface area contributed by atoms with Gasteiger partial charge in [-0.15, -0.1) is 0 Å². The Kier molecular flexibility index (Phi) is 2.90. The fourth-order valence-corrected chi connectivity index (χ4v) is 1.76. The monoisotopic (exact) mass is 221 g/mol. The first kappa shape index (κ1) is 11.0. The van der Waals surface area contributed by atoms with Gasteiger partial charge >= 0.3 is 0 Å². The lowest BCUT2D eigenvalue weighted by molar-refractivity contribution is 0.0941. The predicted molar refractivity (Wildman–Crippen MR) is 64.3 cm³/mol. The molecule has 4 nitrogen and oxygen atoms in total. The molecule has 1 aliphatic carbocycles. The molecule has 88 valence electrons. The standard InChI is InChI=1S/C12H19N3O/c1-8(2)15-7-10(13)5-11(15)12(16)14-6-9-3-4-9/h5,7-9H,3-4,6,13H2,1-2H3,(H,14,16).